The minimum atomic E-state index is -0.203. The Morgan fingerprint density at radius 1 is 1.11 bits per heavy atom. The molecule has 18 heavy (non-hydrogen) atoms. The number of rotatable bonds is 4. The lowest BCUT2D eigenvalue weighted by Crippen LogP contribution is -2.16. The van der Waals surface area contributed by atoms with E-state index in [-0.39, 0.29) is 5.82 Å². The van der Waals surface area contributed by atoms with Crippen molar-refractivity contribution in [2.45, 2.75) is 13.1 Å². The van der Waals surface area contributed by atoms with Gasteiger partial charge in [0, 0.05) is 17.6 Å². The molecule has 0 unspecified atom stereocenters. The number of halogens is 3. The van der Waals surface area contributed by atoms with Gasteiger partial charge in [-0.3, -0.25) is 4.90 Å². The summed E-state index contributed by atoms with van der Waals surface area (Å²) in [5.74, 6) is -0.203. The van der Waals surface area contributed by atoms with E-state index in [1.165, 1.54) is 11.6 Å². The number of hydrogen-bond acceptors (Lipinski definition) is 2. The maximum Gasteiger partial charge on any atom is 0.124 e. The standard InChI is InChI=1S/C13H12Br2FNS/c1-17(7-10-4-13(15)18-8-10)6-9-2-11(14)5-12(16)3-9/h2-5,8H,6-7H2,1H3. The van der Waals surface area contributed by atoms with E-state index in [1.54, 1.807) is 17.4 Å². The van der Waals surface area contributed by atoms with Gasteiger partial charge in [-0.05, 0) is 63.8 Å². The summed E-state index contributed by atoms with van der Waals surface area (Å²) in [5, 5.41) is 2.13. The Hall–Kier alpha value is -0.230. The lowest BCUT2D eigenvalue weighted by Gasteiger charge is -2.16. The Morgan fingerprint density at radius 3 is 2.44 bits per heavy atom. The van der Waals surface area contributed by atoms with Crippen LogP contribution in [0.5, 0.6) is 0 Å². The summed E-state index contributed by atoms with van der Waals surface area (Å²) < 4.78 is 15.2. The summed E-state index contributed by atoms with van der Waals surface area (Å²) in [7, 11) is 2.03. The molecule has 1 heterocycles. The van der Waals surface area contributed by atoms with Crippen LogP contribution in [-0.4, -0.2) is 11.9 Å². The quantitative estimate of drug-likeness (QED) is 0.704. The molecule has 0 N–H and O–H groups in total. The zero-order valence-electron chi connectivity index (χ0n) is 9.79. The Balaban J connectivity index is 2.00. The summed E-state index contributed by atoms with van der Waals surface area (Å²) in [6.07, 6.45) is 0. The normalized spacial score (nSPS) is 11.2. The molecule has 0 aliphatic rings. The zero-order chi connectivity index (χ0) is 13.1. The van der Waals surface area contributed by atoms with Crippen LogP contribution >= 0.6 is 43.2 Å². The SMILES string of the molecule is CN(Cc1cc(F)cc(Br)c1)Cc1csc(Br)c1. The van der Waals surface area contributed by atoms with Crippen molar-refractivity contribution >= 4 is 43.2 Å². The molecule has 0 aliphatic carbocycles. The van der Waals surface area contributed by atoms with E-state index in [0.717, 1.165) is 26.9 Å². The van der Waals surface area contributed by atoms with Crippen LogP contribution in [-0.2, 0) is 13.1 Å². The summed E-state index contributed by atoms with van der Waals surface area (Å²) >= 11 is 8.44. The van der Waals surface area contributed by atoms with Gasteiger partial charge in [-0.2, -0.15) is 0 Å². The van der Waals surface area contributed by atoms with Gasteiger partial charge in [0.2, 0.25) is 0 Å². The molecule has 1 aromatic carbocycles. The van der Waals surface area contributed by atoms with Crippen molar-refractivity contribution in [2.24, 2.45) is 0 Å². The van der Waals surface area contributed by atoms with Crippen LogP contribution in [0.2, 0.25) is 0 Å². The van der Waals surface area contributed by atoms with Gasteiger partial charge in [0.25, 0.3) is 0 Å². The average Bonchev–Trinajstić information content (AvgIpc) is 2.61. The van der Waals surface area contributed by atoms with Gasteiger partial charge in [0.05, 0.1) is 3.79 Å². The second kappa shape index (κ2) is 6.28. The maximum atomic E-state index is 13.3. The molecule has 0 aliphatic heterocycles. The molecule has 5 heteroatoms. The lowest BCUT2D eigenvalue weighted by atomic mass is 10.2. The third-order valence-corrected chi connectivity index (χ3v) is 4.46. The van der Waals surface area contributed by atoms with Crippen molar-refractivity contribution in [3.05, 3.63) is 54.8 Å². The summed E-state index contributed by atoms with van der Waals surface area (Å²) in [6, 6.07) is 7.11. The Morgan fingerprint density at radius 2 is 1.83 bits per heavy atom. The van der Waals surface area contributed by atoms with Gasteiger partial charge >= 0.3 is 0 Å². The molecular weight excluding hydrogens is 381 g/mol. The minimum Gasteiger partial charge on any atom is -0.298 e. The fourth-order valence-corrected chi connectivity index (χ4v) is 3.52. The number of benzene rings is 1. The van der Waals surface area contributed by atoms with Gasteiger partial charge in [-0.25, -0.2) is 4.39 Å². The van der Waals surface area contributed by atoms with E-state index >= 15 is 0 Å². The van der Waals surface area contributed by atoms with E-state index in [4.69, 9.17) is 0 Å². The van der Waals surface area contributed by atoms with Crippen LogP contribution in [0.25, 0.3) is 0 Å². The van der Waals surface area contributed by atoms with Crippen molar-refractivity contribution in [2.75, 3.05) is 7.05 Å². The molecule has 0 saturated heterocycles. The third kappa shape index (κ3) is 4.16. The predicted octanol–water partition coefficient (Wildman–Crippen LogP) is 5.04. The molecular formula is C13H12Br2FNS. The molecule has 2 rings (SSSR count). The topological polar surface area (TPSA) is 3.24 Å². The van der Waals surface area contributed by atoms with E-state index < -0.39 is 0 Å². The third-order valence-electron chi connectivity index (χ3n) is 2.45. The molecule has 2 aromatic rings. The molecule has 1 aromatic heterocycles. The maximum absolute atomic E-state index is 13.3. The highest BCUT2D eigenvalue weighted by atomic mass is 79.9. The van der Waals surface area contributed by atoms with Gasteiger partial charge in [-0.1, -0.05) is 15.9 Å². The van der Waals surface area contributed by atoms with Gasteiger partial charge in [-0.15, -0.1) is 11.3 Å². The van der Waals surface area contributed by atoms with E-state index in [0.29, 0.717) is 0 Å². The Bertz CT molecular complexity index is 521. The van der Waals surface area contributed by atoms with E-state index in [1.807, 2.05) is 13.1 Å². The van der Waals surface area contributed by atoms with Gasteiger partial charge in [0.15, 0.2) is 0 Å². The molecule has 0 spiro atoms. The first-order valence-corrected chi connectivity index (χ1v) is 7.86. The highest BCUT2D eigenvalue weighted by Crippen LogP contribution is 2.22. The largest absolute Gasteiger partial charge is 0.298 e. The molecule has 0 bridgehead atoms. The molecule has 0 amide bonds. The number of thiophene rings is 1. The van der Waals surface area contributed by atoms with Crippen molar-refractivity contribution in [1.29, 1.82) is 0 Å². The van der Waals surface area contributed by atoms with Crippen LogP contribution in [0.15, 0.2) is 37.9 Å². The van der Waals surface area contributed by atoms with Crippen LogP contribution in [0, 0.1) is 5.82 Å². The Labute approximate surface area is 127 Å². The summed E-state index contributed by atoms with van der Waals surface area (Å²) in [6.45, 7) is 1.58. The smallest absolute Gasteiger partial charge is 0.124 e. The van der Waals surface area contributed by atoms with Crippen molar-refractivity contribution < 1.29 is 4.39 Å². The molecule has 0 radical (unpaired) electrons. The first kappa shape index (κ1) is 14.2. The molecule has 0 fully saturated rings. The first-order valence-electron chi connectivity index (χ1n) is 5.39. The second-order valence-electron chi connectivity index (χ2n) is 4.21. The van der Waals surface area contributed by atoms with Crippen molar-refractivity contribution in [3.63, 3.8) is 0 Å². The minimum absolute atomic E-state index is 0.203. The highest BCUT2D eigenvalue weighted by molar-refractivity contribution is 9.11. The van der Waals surface area contributed by atoms with Gasteiger partial charge < -0.3 is 0 Å². The Kier molecular flexibility index (Phi) is 4.95. The number of nitrogens with zero attached hydrogens (tertiary/aromatic N) is 1. The molecule has 0 saturated carbocycles. The van der Waals surface area contributed by atoms with Crippen LogP contribution in [0.1, 0.15) is 11.1 Å². The highest BCUT2D eigenvalue weighted by Gasteiger charge is 2.05. The summed E-state index contributed by atoms with van der Waals surface area (Å²) in [4.78, 5) is 2.16. The van der Waals surface area contributed by atoms with Crippen LogP contribution < -0.4 is 0 Å². The monoisotopic (exact) mass is 391 g/mol. The zero-order valence-corrected chi connectivity index (χ0v) is 13.8. The van der Waals surface area contributed by atoms with Crippen molar-refractivity contribution in [3.8, 4) is 0 Å². The van der Waals surface area contributed by atoms with E-state index in [2.05, 4.69) is 48.2 Å². The summed E-state index contributed by atoms with van der Waals surface area (Å²) in [5.41, 5.74) is 2.24. The lowest BCUT2D eigenvalue weighted by molar-refractivity contribution is 0.319. The molecule has 1 nitrogen and oxygen atoms in total. The van der Waals surface area contributed by atoms with Crippen molar-refractivity contribution in [1.82, 2.24) is 4.90 Å². The number of hydrogen-bond donors (Lipinski definition) is 0. The van der Waals surface area contributed by atoms with Crippen LogP contribution in [0.3, 0.4) is 0 Å². The van der Waals surface area contributed by atoms with E-state index in [9.17, 15) is 4.39 Å². The first-order chi connectivity index (χ1) is 8.52. The molecule has 96 valence electrons. The fraction of sp³-hybridized carbons (Fsp3) is 0.231. The van der Waals surface area contributed by atoms with Gasteiger partial charge in [0.1, 0.15) is 5.82 Å². The molecule has 0 atom stereocenters. The fourth-order valence-electron chi connectivity index (χ4n) is 1.81. The predicted molar refractivity (Wildman–Crippen MR) is 81.3 cm³/mol. The van der Waals surface area contributed by atoms with Crippen LogP contribution in [0.4, 0.5) is 4.39 Å². The second-order valence-corrected chi connectivity index (χ2v) is 7.42. The average molecular weight is 393 g/mol.